The minimum absolute atomic E-state index is 0.146. The molecule has 0 saturated heterocycles. The number of hydrogen-bond acceptors (Lipinski definition) is 6. The van der Waals surface area contributed by atoms with Crippen LogP contribution in [0.5, 0.6) is 17.2 Å². The van der Waals surface area contributed by atoms with E-state index in [1.807, 2.05) is 0 Å². The Morgan fingerprint density at radius 1 is 1.12 bits per heavy atom. The number of Topliss-reactive ketones (excluding diaryl/α,β-unsaturated/α-hetero) is 1. The average Bonchev–Trinajstić information content (AvgIpc) is 2.96. The molecule has 0 radical (unpaired) electrons. The van der Waals surface area contributed by atoms with Gasteiger partial charge in [-0.05, 0) is 42.8 Å². The Morgan fingerprint density at radius 2 is 1.85 bits per heavy atom. The molecule has 1 aliphatic rings. The van der Waals surface area contributed by atoms with Gasteiger partial charge < -0.3 is 18.9 Å². The van der Waals surface area contributed by atoms with E-state index in [0.717, 1.165) is 5.56 Å². The molecule has 0 fully saturated rings. The van der Waals surface area contributed by atoms with E-state index in [1.54, 1.807) is 62.6 Å². The molecular formula is C20H18O6. The van der Waals surface area contributed by atoms with Crippen molar-refractivity contribution in [2.75, 3.05) is 20.3 Å². The molecule has 2 aromatic carbocycles. The van der Waals surface area contributed by atoms with Crippen LogP contribution in [-0.4, -0.2) is 32.1 Å². The molecular weight excluding hydrogens is 336 g/mol. The molecule has 0 saturated carbocycles. The van der Waals surface area contributed by atoms with Crippen LogP contribution in [-0.2, 0) is 9.53 Å². The van der Waals surface area contributed by atoms with Gasteiger partial charge in [-0.3, -0.25) is 4.79 Å². The molecule has 6 heteroatoms. The van der Waals surface area contributed by atoms with E-state index < -0.39 is 5.97 Å². The summed E-state index contributed by atoms with van der Waals surface area (Å²) in [6.45, 7) is 1.91. The third-order valence-corrected chi connectivity index (χ3v) is 3.72. The van der Waals surface area contributed by atoms with E-state index in [0.29, 0.717) is 29.4 Å². The molecule has 0 bridgehead atoms. The van der Waals surface area contributed by atoms with Gasteiger partial charge in [0.25, 0.3) is 0 Å². The quantitative estimate of drug-likeness (QED) is 0.586. The minimum atomic E-state index is -0.420. The van der Waals surface area contributed by atoms with Crippen LogP contribution in [0, 0.1) is 0 Å². The van der Waals surface area contributed by atoms with Gasteiger partial charge in [-0.2, -0.15) is 0 Å². The van der Waals surface area contributed by atoms with Gasteiger partial charge in [0.1, 0.15) is 17.2 Å². The predicted octanol–water partition coefficient (Wildman–Crippen LogP) is 3.25. The molecule has 0 atom stereocenters. The number of fused-ring (bicyclic) bond motifs is 1. The summed E-state index contributed by atoms with van der Waals surface area (Å²) in [6, 6.07) is 12.0. The minimum Gasteiger partial charge on any atom is -0.497 e. The standard InChI is InChI=1S/C20H18O6/c1-3-24-19(21)12-25-14-6-4-13(5-7-14)10-18-20(22)16-9-8-15(23-2)11-17(16)26-18/h4-11H,3,12H2,1-2H3/b18-10+. The zero-order valence-corrected chi connectivity index (χ0v) is 14.5. The zero-order valence-electron chi connectivity index (χ0n) is 14.5. The third kappa shape index (κ3) is 3.85. The molecule has 0 spiro atoms. The Labute approximate surface area is 150 Å². The maximum absolute atomic E-state index is 12.4. The van der Waals surface area contributed by atoms with Gasteiger partial charge in [0, 0.05) is 6.07 Å². The van der Waals surface area contributed by atoms with Crippen LogP contribution in [0.15, 0.2) is 48.2 Å². The lowest BCUT2D eigenvalue weighted by molar-refractivity contribution is -0.145. The Bertz CT molecular complexity index is 851. The number of ketones is 1. The molecule has 0 aliphatic carbocycles. The highest BCUT2D eigenvalue weighted by molar-refractivity contribution is 6.14. The second kappa shape index (κ2) is 7.74. The van der Waals surface area contributed by atoms with Crippen molar-refractivity contribution in [3.05, 3.63) is 59.4 Å². The number of allylic oxidation sites excluding steroid dienone is 1. The lowest BCUT2D eigenvalue weighted by Gasteiger charge is -2.06. The first-order chi connectivity index (χ1) is 12.6. The smallest absolute Gasteiger partial charge is 0.344 e. The fourth-order valence-corrected chi connectivity index (χ4v) is 2.45. The van der Waals surface area contributed by atoms with Gasteiger partial charge in [-0.1, -0.05) is 12.1 Å². The Balaban J connectivity index is 1.69. The zero-order chi connectivity index (χ0) is 18.5. The van der Waals surface area contributed by atoms with Crippen molar-refractivity contribution in [1.82, 2.24) is 0 Å². The summed E-state index contributed by atoms with van der Waals surface area (Å²) in [7, 11) is 1.56. The summed E-state index contributed by atoms with van der Waals surface area (Å²) in [6.07, 6.45) is 1.66. The molecule has 0 amide bonds. The van der Waals surface area contributed by atoms with Crippen LogP contribution in [0.3, 0.4) is 0 Å². The van der Waals surface area contributed by atoms with Crippen molar-refractivity contribution >= 4 is 17.8 Å². The lowest BCUT2D eigenvalue weighted by Crippen LogP contribution is -2.14. The fraction of sp³-hybridized carbons (Fsp3) is 0.200. The molecule has 0 aromatic heterocycles. The van der Waals surface area contributed by atoms with Gasteiger partial charge in [0.15, 0.2) is 12.4 Å². The molecule has 134 valence electrons. The lowest BCUT2D eigenvalue weighted by atomic mass is 10.1. The van der Waals surface area contributed by atoms with Gasteiger partial charge in [-0.25, -0.2) is 4.79 Å². The largest absolute Gasteiger partial charge is 0.497 e. The second-order valence-electron chi connectivity index (χ2n) is 5.46. The van der Waals surface area contributed by atoms with Crippen LogP contribution < -0.4 is 14.2 Å². The molecule has 3 rings (SSSR count). The van der Waals surface area contributed by atoms with Crippen molar-refractivity contribution < 1.29 is 28.5 Å². The SMILES string of the molecule is CCOC(=O)COc1ccc(/C=C2/Oc3cc(OC)ccc3C2=O)cc1. The maximum Gasteiger partial charge on any atom is 0.344 e. The Kier molecular flexibility index (Phi) is 5.22. The van der Waals surface area contributed by atoms with E-state index in [2.05, 4.69) is 0 Å². The second-order valence-corrected chi connectivity index (χ2v) is 5.46. The summed E-state index contributed by atoms with van der Waals surface area (Å²) in [5.74, 6) is 1.29. The monoisotopic (exact) mass is 354 g/mol. The highest BCUT2D eigenvalue weighted by Crippen LogP contribution is 2.34. The molecule has 1 aliphatic heterocycles. The van der Waals surface area contributed by atoms with E-state index >= 15 is 0 Å². The first-order valence-corrected chi connectivity index (χ1v) is 8.11. The van der Waals surface area contributed by atoms with Crippen molar-refractivity contribution in [3.63, 3.8) is 0 Å². The van der Waals surface area contributed by atoms with Crippen LogP contribution in [0.4, 0.5) is 0 Å². The summed E-state index contributed by atoms with van der Waals surface area (Å²) >= 11 is 0. The Morgan fingerprint density at radius 3 is 2.54 bits per heavy atom. The van der Waals surface area contributed by atoms with Crippen molar-refractivity contribution in [2.45, 2.75) is 6.92 Å². The number of rotatable bonds is 6. The number of carbonyl (C=O) groups is 2. The van der Waals surface area contributed by atoms with E-state index in [-0.39, 0.29) is 18.1 Å². The normalized spacial score (nSPS) is 13.9. The molecule has 1 heterocycles. The third-order valence-electron chi connectivity index (χ3n) is 3.72. The van der Waals surface area contributed by atoms with Crippen LogP contribution in [0.1, 0.15) is 22.8 Å². The molecule has 6 nitrogen and oxygen atoms in total. The maximum atomic E-state index is 12.4. The van der Waals surface area contributed by atoms with Gasteiger partial charge in [-0.15, -0.1) is 0 Å². The number of benzene rings is 2. The van der Waals surface area contributed by atoms with Crippen molar-refractivity contribution in [2.24, 2.45) is 0 Å². The molecule has 0 unspecified atom stereocenters. The van der Waals surface area contributed by atoms with E-state index in [1.165, 1.54) is 0 Å². The highest BCUT2D eigenvalue weighted by Gasteiger charge is 2.27. The van der Waals surface area contributed by atoms with Crippen LogP contribution >= 0.6 is 0 Å². The number of carbonyl (C=O) groups excluding carboxylic acids is 2. The summed E-state index contributed by atoms with van der Waals surface area (Å²) in [5, 5.41) is 0. The van der Waals surface area contributed by atoms with Gasteiger partial charge in [0.05, 0.1) is 19.3 Å². The van der Waals surface area contributed by atoms with Gasteiger partial charge >= 0.3 is 5.97 Å². The fourth-order valence-electron chi connectivity index (χ4n) is 2.45. The number of methoxy groups -OCH3 is 1. The van der Waals surface area contributed by atoms with Crippen LogP contribution in [0.25, 0.3) is 6.08 Å². The Hall–Kier alpha value is -3.28. The van der Waals surface area contributed by atoms with Crippen LogP contribution in [0.2, 0.25) is 0 Å². The first kappa shape index (κ1) is 17.5. The number of hydrogen-bond donors (Lipinski definition) is 0. The topological polar surface area (TPSA) is 71.1 Å². The number of ether oxygens (including phenoxy) is 4. The molecule has 2 aromatic rings. The summed E-state index contributed by atoms with van der Waals surface area (Å²) < 4.78 is 20.9. The summed E-state index contributed by atoms with van der Waals surface area (Å²) in [5.41, 5.74) is 1.28. The first-order valence-electron chi connectivity index (χ1n) is 8.11. The average molecular weight is 354 g/mol. The van der Waals surface area contributed by atoms with Crippen molar-refractivity contribution in [3.8, 4) is 17.2 Å². The van der Waals surface area contributed by atoms with E-state index in [4.69, 9.17) is 18.9 Å². The van der Waals surface area contributed by atoms with Gasteiger partial charge in [0.2, 0.25) is 5.78 Å². The highest BCUT2D eigenvalue weighted by atomic mass is 16.6. The predicted molar refractivity (Wildman–Crippen MR) is 94.5 cm³/mol. The van der Waals surface area contributed by atoms with E-state index in [9.17, 15) is 9.59 Å². The molecule has 0 N–H and O–H groups in total. The van der Waals surface area contributed by atoms with Crippen molar-refractivity contribution in [1.29, 1.82) is 0 Å². The molecule has 26 heavy (non-hydrogen) atoms. The summed E-state index contributed by atoms with van der Waals surface area (Å²) in [4.78, 5) is 23.7. The number of esters is 1.